The maximum atomic E-state index is 12.1. The number of thiophene rings is 1. The predicted molar refractivity (Wildman–Crippen MR) is 77.4 cm³/mol. The monoisotopic (exact) mass is 281 g/mol. The van der Waals surface area contributed by atoms with Gasteiger partial charge < -0.3 is 10.4 Å². The molecule has 1 amide bonds. The molecule has 1 aromatic heterocycles. The zero-order valence-corrected chi connectivity index (χ0v) is 12.2. The molecule has 0 fully saturated rings. The first-order valence-corrected chi connectivity index (χ1v) is 7.13. The minimum absolute atomic E-state index is 0.0934. The number of amides is 1. The van der Waals surface area contributed by atoms with Crippen molar-refractivity contribution >= 4 is 29.3 Å². The summed E-state index contributed by atoms with van der Waals surface area (Å²) >= 11 is 1.31. The van der Waals surface area contributed by atoms with E-state index in [4.69, 9.17) is 5.11 Å². The van der Waals surface area contributed by atoms with E-state index in [-0.39, 0.29) is 11.9 Å². The van der Waals surface area contributed by atoms with Crippen molar-refractivity contribution in [2.45, 2.75) is 33.2 Å². The van der Waals surface area contributed by atoms with Gasteiger partial charge >= 0.3 is 5.97 Å². The molecule has 1 rings (SSSR count). The van der Waals surface area contributed by atoms with Crippen LogP contribution in [0.1, 0.15) is 42.4 Å². The number of rotatable bonds is 6. The first-order chi connectivity index (χ1) is 8.95. The highest BCUT2D eigenvalue weighted by atomic mass is 32.1. The molecule has 4 nitrogen and oxygen atoms in total. The van der Waals surface area contributed by atoms with E-state index in [1.165, 1.54) is 17.4 Å². The van der Waals surface area contributed by atoms with Gasteiger partial charge in [-0.15, -0.1) is 11.3 Å². The number of nitrogens with one attached hydrogen (secondary N) is 1. The molecule has 0 aromatic carbocycles. The zero-order valence-electron chi connectivity index (χ0n) is 11.3. The lowest BCUT2D eigenvalue weighted by Crippen LogP contribution is -2.36. The van der Waals surface area contributed by atoms with Crippen LogP contribution in [0, 0.1) is 5.92 Å². The molecular weight excluding hydrogens is 262 g/mol. The lowest BCUT2D eigenvalue weighted by Gasteiger charge is -2.19. The lowest BCUT2D eigenvalue weighted by atomic mass is 10.0. The van der Waals surface area contributed by atoms with Crippen molar-refractivity contribution in [2.75, 3.05) is 0 Å². The number of carboxylic acid groups (broad SMARTS) is 1. The summed E-state index contributed by atoms with van der Waals surface area (Å²) in [5.74, 6) is -0.764. The third kappa shape index (κ3) is 4.52. The Kier molecular flexibility index (Phi) is 5.76. The summed E-state index contributed by atoms with van der Waals surface area (Å²) in [6.45, 7) is 6.15. The first-order valence-electron chi connectivity index (χ1n) is 6.25. The van der Waals surface area contributed by atoms with E-state index in [0.717, 1.165) is 12.5 Å². The first kappa shape index (κ1) is 15.4. The van der Waals surface area contributed by atoms with E-state index in [0.29, 0.717) is 16.4 Å². The van der Waals surface area contributed by atoms with Crippen LogP contribution in [-0.4, -0.2) is 23.0 Å². The van der Waals surface area contributed by atoms with E-state index >= 15 is 0 Å². The quantitative estimate of drug-likeness (QED) is 0.788. The number of carboxylic acids is 1. The maximum absolute atomic E-state index is 12.1. The van der Waals surface area contributed by atoms with Gasteiger partial charge in [0, 0.05) is 12.1 Å². The number of hydrogen-bond acceptors (Lipinski definition) is 3. The van der Waals surface area contributed by atoms with E-state index in [1.54, 1.807) is 11.4 Å². The molecule has 2 N–H and O–H groups in total. The van der Waals surface area contributed by atoms with Crippen LogP contribution in [0.3, 0.4) is 0 Å². The van der Waals surface area contributed by atoms with Gasteiger partial charge in [-0.05, 0) is 35.9 Å². The van der Waals surface area contributed by atoms with Crippen LogP contribution in [0.4, 0.5) is 0 Å². The summed E-state index contributed by atoms with van der Waals surface area (Å²) < 4.78 is 0. The predicted octanol–water partition coefficient (Wildman–Crippen LogP) is 3.01. The maximum Gasteiger partial charge on any atom is 0.328 e. The number of carbonyl (C=O) groups excluding carboxylic acids is 1. The van der Waals surface area contributed by atoms with Gasteiger partial charge in [-0.1, -0.05) is 20.3 Å². The van der Waals surface area contributed by atoms with E-state index in [2.05, 4.69) is 19.2 Å². The molecule has 0 bridgehead atoms. The van der Waals surface area contributed by atoms with E-state index < -0.39 is 5.97 Å². The highest BCUT2D eigenvalue weighted by Gasteiger charge is 2.17. The highest BCUT2D eigenvalue weighted by Crippen LogP contribution is 2.19. The molecule has 0 radical (unpaired) electrons. The molecule has 1 heterocycles. The fraction of sp³-hybridized carbons (Fsp3) is 0.429. The van der Waals surface area contributed by atoms with Gasteiger partial charge in [0.2, 0.25) is 0 Å². The van der Waals surface area contributed by atoms with Crippen molar-refractivity contribution in [1.29, 1.82) is 0 Å². The average Bonchev–Trinajstić information content (AvgIpc) is 2.83. The Bertz CT molecular complexity index is 479. The van der Waals surface area contributed by atoms with Gasteiger partial charge in [0.15, 0.2) is 0 Å². The van der Waals surface area contributed by atoms with Crippen molar-refractivity contribution in [3.8, 4) is 0 Å². The fourth-order valence-electron chi connectivity index (χ4n) is 1.56. The largest absolute Gasteiger partial charge is 0.478 e. The summed E-state index contributed by atoms with van der Waals surface area (Å²) in [4.78, 5) is 23.2. The van der Waals surface area contributed by atoms with Crippen molar-refractivity contribution in [2.24, 2.45) is 5.92 Å². The molecule has 0 aliphatic heterocycles. The second-order valence-electron chi connectivity index (χ2n) is 4.52. The van der Waals surface area contributed by atoms with Gasteiger partial charge in [0.1, 0.15) is 0 Å². The lowest BCUT2D eigenvalue weighted by molar-refractivity contribution is -0.131. The van der Waals surface area contributed by atoms with Crippen molar-refractivity contribution in [3.05, 3.63) is 28.0 Å². The topological polar surface area (TPSA) is 66.4 Å². The smallest absolute Gasteiger partial charge is 0.328 e. The average molecular weight is 281 g/mol. The van der Waals surface area contributed by atoms with Gasteiger partial charge in [0.05, 0.1) is 4.88 Å². The number of aliphatic carboxylic acids is 1. The highest BCUT2D eigenvalue weighted by molar-refractivity contribution is 7.12. The van der Waals surface area contributed by atoms with Crippen molar-refractivity contribution < 1.29 is 14.7 Å². The Morgan fingerprint density at radius 3 is 2.74 bits per heavy atom. The fourth-order valence-corrected chi connectivity index (χ4v) is 2.35. The minimum Gasteiger partial charge on any atom is -0.478 e. The molecule has 104 valence electrons. The second-order valence-corrected chi connectivity index (χ2v) is 5.44. The second kappa shape index (κ2) is 7.09. The Labute approximate surface area is 117 Å². The Balaban J connectivity index is 2.78. The summed E-state index contributed by atoms with van der Waals surface area (Å²) in [7, 11) is 0. The molecule has 0 saturated heterocycles. The van der Waals surface area contributed by atoms with Crippen LogP contribution >= 0.6 is 11.3 Å². The van der Waals surface area contributed by atoms with Crippen LogP contribution in [0.5, 0.6) is 0 Å². The number of carbonyl (C=O) groups is 2. The summed E-state index contributed by atoms with van der Waals surface area (Å²) in [6, 6.07) is 1.84. The molecule has 0 spiro atoms. The van der Waals surface area contributed by atoms with E-state index in [1.807, 2.05) is 6.92 Å². The summed E-state index contributed by atoms with van der Waals surface area (Å²) in [5, 5.41) is 13.3. The van der Waals surface area contributed by atoms with Crippen molar-refractivity contribution in [3.63, 3.8) is 0 Å². The normalized spacial score (nSPS) is 14.3. The SMILES string of the molecule is CCC(C)C(C)NC(=O)c1sccc1C=CC(=O)O. The Morgan fingerprint density at radius 2 is 2.16 bits per heavy atom. The van der Waals surface area contributed by atoms with Gasteiger partial charge in [0.25, 0.3) is 5.91 Å². The van der Waals surface area contributed by atoms with E-state index in [9.17, 15) is 9.59 Å². The molecule has 0 aliphatic rings. The summed E-state index contributed by atoms with van der Waals surface area (Å²) in [5.41, 5.74) is 0.640. The standard InChI is InChI=1S/C14H19NO3S/c1-4-9(2)10(3)15-14(18)13-11(7-8-19-13)5-6-12(16)17/h5-10H,4H2,1-3H3,(H,15,18)(H,16,17). The molecular formula is C14H19NO3S. The van der Waals surface area contributed by atoms with Crippen molar-refractivity contribution in [1.82, 2.24) is 5.32 Å². The van der Waals surface area contributed by atoms with Gasteiger partial charge in [-0.3, -0.25) is 4.79 Å². The van der Waals surface area contributed by atoms with Crippen LogP contribution in [-0.2, 0) is 4.79 Å². The molecule has 5 heteroatoms. The van der Waals surface area contributed by atoms with Crippen LogP contribution < -0.4 is 5.32 Å². The van der Waals surface area contributed by atoms with Gasteiger partial charge in [-0.2, -0.15) is 0 Å². The molecule has 0 saturated carbocycles. The molecule has 0 aliphatic carbocycles. The molecule has 2 atom stereocenters. The molecule has 2 unspecified atom stereocenters. The zero-order chi connectivity index (χ0) is 14.4. The molecule has 19 heavy (non-hydrogen) atoms. The third-order valence-electron chi connectivity index (χ3n) is 3.16. The van der Waals surface area contributed by atoms with Crippen LogP contribution in [0.2, 0.25) is 0 Å². The minimum atomic E-state index is -1.02. The van der Waals surface area contributed by atoms with Crippen LogP contribution in [0.15, 0.2) is 17.5 Å². The Morgan fingerprint density at radius 1 is 1.47 bits per heavy atom. The van der Waals surface area contributed by atoms with Crippen LogP contribution in [0.25, 0.3) is 6.08 Å². The molecule has 1 aromatic rings. The third-order valence-corrected chi connectivity index (χ3v) is 4.09. The Hall–Kier alpha value is -1.62. The number of hydrogen-bond donors (Lipinski definition) is 2. The summed E-state index contributed by atoms with van der Waals surface area (Å²) in [6.07, 6.45) is 3.48. The van der Waals surface area contributed by atoms with Gasteiger partial charge in [-0.25, -0.2) is 4.79 Å².